The second kappa shape index (κ2) is 6.65. The van der Waals surface area contributed by atoms with Gasteiger partial charge in [0.05, 0.1) is 24.3 Å². The van der Waals surface area contributed by atoms with Crippen LogP contribution in [0.25, 0.3) is 0 Å². The average molecular weight is 281 g/mol. The maximum atomic E-state index is 9.23. The number of hydrogen-bond acceptors (Lipinski definition) is 4. The van der Waals surface area contributed by atoms with Crippen LogP contribution in [0.4, 0.5) is 0 Å². The van der Waals surface area contributed by atoms with Crippen LogP contribution in [0.2, 0.25) is 5.02 Å². The Morgan fingerprint density at radius 2 is 2.21 bits per heavy atom. The minimum Gasteiger partial charge on any atom is -0.489 e. The first-order chi connectivity index (χ1) is 9.26. The first-order valence-electron chi connectivity index (χ1n) is 6.48. The van der Waals surface area contributed by atoms with Gasteiger partial charge in [-0.25, -0.2) is 0 Å². The summed E-state index contributed by atoms with van der Waals surface area (Å²) < 4.78 is 11.2. The molecule has 1 aromatic rings. The maximum absolute atomic E-state index is 9.23. The Morgan fingerprint density at radius 3 is 2.95 bits per heavy atom. The van der Waals surface area contributed by atoms with Crippen molar-refractivity contribution >= 4 is 11.6 Å². The van der Waals surface area contributed by atoms with Gasteiger partial charge in [0.25, 0.3) is 0 Å². The van der Waals surface area contributed by atoms with E-state index in [0.29, 0.717) is 29.7 Å². The van der Waals surface area contributed by atoms with Crippen LogP contribution >= 0.6 is 11.6 Å². The first-order valence-corrected chi connectivity index (χ1v) is 6.86. The Bertz CT molecular complexity index is 485. The Morgan fingerprint density at radius 1 is 1.42 bits per heavy atom. The lowest BCUT2D eigenvalue weighted by atomic mass is 10.1. The summed E-state index contributed by atoms with van der Waals surface area (Å²) in [5, 5.41) is 12.9. The van der Waals surface area contributed by atoms with Gasteiger partial charge in [0.2, 0.25) is 0 Å². The fourth-order valence-electron chi connectivity index (χ4n) is 1.94. The van der Waals surface area contributed by atoms with Crippen molar-refractivity contribution in [3.05, 3.63) is 22.7 Å². The molecule has 0 saturated carbocycles. The van der Waals surface area contributed by atoms with Gasteiger partial charge < -0.3 is 9.47 Å². The van der Waals surface area contributed by atoms with Crippen molar-refractivity contribution < 1.29 is 9.47 Å². The summed E-state index contributed by atoms with van der Waals surface area (Å²) in [4.78, 5) is 0. The second-order valence-corrected chi connectivity index (χ2v) is 4.80. The summed E-state index contributed by atoms with van der Waals surface area (Å²) >= 11 is 6.21. The van der Waals surface area contributed by atoms with Crippen LogP contribution in [0.3, 0.4) is 0 Å². The Balaban J connectivity index is 2.29. The number of halogens is 1. The van der Waals surface area contributed by atoms with Crippen molar-refractivity contribution in [1.82, 2.24) is 5.32 Å². The molecule has 0 spiro atoms. The molecule has 0 radical (unpaired) electrons. The summed E-state index contributed by atoms with van der Waals surface area (Å²) in [6.45, 7) is 4.04. The molecule has 0 amide bonds. The molecule has 1 aliphatic rings. The zero-order valence-electron chi connectivity index (χ0n) is 10.9. The standard InChI is InChI=1S/C14H17ClN2O2/c1-2-4-17-12(9-16)10-7-11(15)14-13(8-10)18-5-3-6-19-14/h7-8,12,17H,2-6H2,1H3. The molecule has 1 heterocycles. The molecule has 1 atom stereocenters. The predicted octanol–water partition coefficient (Wildman–Crippen LogP) is 3.07. The van der Waals surface area contributed by atoms with Crippen molar-refractivity contribution in [3.8, 4) is 17.6 Å². The van der Waals surface area contributed by atoms with Crippen molar-refractivity contribution in [2.24, 2.45) is 0 Å². The summed E-state index contributed by atoms with van der Waals surface area (Å²) in [6, 6.07) is 5.46. The van der Waals surface area contributed by atoms with Crippen molar-refractivity contribution in [2.45, 2.75) is 25.8 Å². The van der Waals surface area contributed by atoms with E-state index in [9.17, 15) is 5.26 Å². The van der Waals surface area contributed by atoms with E-state index in [4.69, 9.17) is 21.1 Å². The quantitative estimate of drug-likeness (QED) is 0.921. The van der Waals surface area contributed by atoms with Gasteiger partial charge in [0.15, 0.2) is 11.5 Å². The van der Waals surface area contributed by atoms with Crippen LogP contribution in [-0.4, -0.2) is 19.8 Å². The van der Waals surface area contributed by atoms with Gasteiger partial charge in [-0.15, -0.1) is 0 Å². The van der Waals surface area contributed by atoms with Gasteiger partial charge in [-0.05, 0) is 30.7 Å². The van der Waals surface area contributed by atoms with E-state index < -0.39 is 0 Å². The largest absolute Gasteiger partial charge is 0.489 e. The molecule has 1 aliphatic heterocycles. The molecule has 19 heavy (non-hydrogen) atoms. The molecular formula is C14H17ClN2O2. The lowest BCUT2D eigenvalue weighted by Gasteiger charge is -2.15. The number of hydrogen-bond donors (Lipinski definition) is 1. The predicted molar refractivity (Wildman–Crippen MR) is 73.7 cm³/mol. The average Bonchev–Trinajstić information content (AvgIpc) is 2.65. The number of nitrogens with zero attached hydrogens (tertiary/aromatic N) is 1. The zero-order chi connectivity index (χ0) is 13.7. The van der Waals surface area contributed by atoms with Crippen molar-refractivity contribution in [1.29, 1.82) is 5.26 Å². The maximum Gasteiger partial charge on any atom is 0.179 e. The number of nitrogens with one attached hydrogen (secondary N) is 1. The molecule has 1 aromatic carbocycles. The fourth-order valence-corrected chi connectivity index (χ4v) is 2.22. The molecule has 2 rings (SSSR count). The van der Waals surface area contributed by atoms with E-state index in [-0.39, 0.29) is 6.04 Å². The van der Waals surface area contributed by atoms with Gasteiger partial charge >= 0.3 is 0 Å². The van der Waals surface area contributed by atoms with Gasteiger partial charge in [-0.1, -0.05) is 18.5 Å². The third-order valence-electron chi connectivity index (χ3n) is 2.89. The Kier molecular flexibility index (Phi) is 4.89. The molecular weight excluding hydrogens is 264 g/mol. The summed E-state index contributed by atoms with van der Waals surface area (Å²) in [5.41, 5.74) is 0.810. The zero-order valence-corrected chi connectivity index (χ0v) is 11.7. The van der Waals surface area contributed by atoms with Crippen molar-refractivity contribution in [2.75, 3.05) is 19.8 Å². The monoisotopic (exact) mass is 280 g/mol. The molecule has 0 aromatic heterocycles. The van der Waals surface area contributed by atoms with E-state index in [1.165, 1.54) is 0 Å². The molecule has 0 saturated heterocycles. The summed E-state index contributed by atoms with van der Waals surface area (Å²) in [6.07, 6.45) is 1.80. The van der Waals surface area contributed by atoms with Crippen molar-refractivity contribution in [3.63, 3.8) is 0 Å². The molecule has 1 N–H and O–H groups in total. The van der Waals surface area contributed by atoms with E-state index in [1.807, 2.05) is 6.07 Å². The van der Waals surface area contributed by atoms with E-state index >= 15 is 0 Å². The number of ether oxygens (including phenoxy) is 2. The molecule has 4 nitrogen and oxygen atoms in total. The molecule has 0 aliphatic carbocycles. The Hall–Kier alpha value is -1.44. The molecule has 0 bridgehead atoms. The summed E-state index contributed by atoms with van der Waals surface area (Å²) in [7, 11) is 0. The smallest absolute Gasteiger partial charge is 0.179 e. The highest BCUT2D eigenvalue weighted by Crippen LogP contribution is 2.39. The van der Waals surface area contributed by atoms with Crippen LogP contribution in [0.5, 0.6) is 11.5 Å². The second-order valence-electron chi connectivity index (χ2n) is 4.40. The summed E-state index contributed by atoms with van der Waals surface area (Å²) in [5.74, 6) is 1.20. The molecule has 5 heteroatoms. The number of rotatable bonds is 4. The Labute approximate surface area is 118 Å². The third kappa shape index (κ3) is 3.31. The molecule has 0 fully saturated rings. The topological polar surface area (TPSA) is 54.3 Å². The van der Waals surface area contributed by atoms with Gasteiger partial charge in [0, 0.05) is 6.42 Å². The highest BCUT2D eigenvalue weighted by Gasteiger charge is 2.19. The number of fused-ring (bicyclic) bond motifs is 1. The van der Waals surface area contributed by atoms with Crippen LogP contribution in [0, 0.1) is 11.3 Å². The van der Waals surface area contributed by atoms with Gasteiger partial charge in [0.1, 0.15) is 6.04 Å². The number of benzene rings is 1. The molecule has 1 unspecified atom stereocenters. The lowest BCUT2D eigenvalue weighted by molar-refractivity contribution is 0.297. The number of nitriles is 1. The minimum atomic E-state index is -0.380. The van der Waals surface area contributed by atoms with E-state index in [1.54, 1.807) is 6.07 Å². The van der Waals surface area contributed by atoms with E-state index in [0.717, 1.165) is 24.9 Å². The highest BCUT2D eigenvalue weighted by atomic mass is 35.5. The van der Waals surface area contributed by atoms with Gasteiger partial charge in [-0.2, -0.15) is 5.26 Å². The SMILES string of the molecule is CCCNC(C#N)c1cc(Cl)c2c(c1)OCCCO2. The van der Waals surface area contributed by atoms with Gasteiger partial charge in [-0.3, -0.25) is 5.32 Å². The third-order valence-corrected chi connectivity index (χ3v) is 3.17. The van der Waals surface area contributed by atoms with Crippen LogP contribution in [0.1, 0.15) is 31.4 Å². The van der Waals surface area contributed by atoms with Crippen LogP contribution < -0.4 is 14.8 Å². The lowest BCUT2D eigenvalue weighted by Crippen LogP contribution is -2.20. The highest BCUT2D eigenvalue weighted by molar-refractivity contribution is 6.32. The van der Waals surface area contributed by atoms with E-state index in [2.05, 4.69) is 18.3 Å². The molecule has 102 valence electrons. The normalized spacial score (nSPS) is 15.4. The van der Waals surface area contributed by atoms with Crippen LogP contribution in [-0.2, 0) is 0 Å². The minimum absolute atomic E-state index is 0.380. The fraction of sp³-hybridized carbons (Fsp3) is 0.500. The van der Waals surface area contributed by atoms with Crippen LogP contribution in [0.15, 0.2) is 12.1 Å². The first kappa shape index (κ1) is 14.0.